The molecule has 0 saturated carbocycles. The van der Waals surface area contributed by atoms with Crippen molar-refractivity contribution in [3.63, 3.8) is 0 Å². The third-order valence-corrected chi connectivity index (χ3v) is 2.77. The Bertz CT molecular complexity index is 352. The Labute approximate surface area is 111 Å². The normalized spacial score (nSPS) is 14.2. The van der Waals surface area contributed by atoms with E-state index >= 15 is 0 Å². The fourth-order valence-electron chi connectivity index (χ4n) is 1.62. The van der Waals surface area contributed by atoms with Gasteiger partial charge in [-0.1, -0.05) is 0 Å². The summed E-state index contributed by atoms with van der Waals surface area (Å²) < 4.78 is 7.80. The molecule has 4 nitrogen and oxygen atoms in total. The molecule has 4 heteroatoms. The van der Waals surface area contributed by atoms with E-state index in [1.54, 1.807) is 0 Å². The number of hydrogen-bond acceptors (Lipinski definition) is 3. The largest absolute Gasteiger partial charge is 0.374 e. The molecular weight excluding hydrogens is 226 g/mol. The maximum atomic E-state index is 5.81. The third kappa shape index (κ3) is 5.19. The van der Waals surface area contributed by atoms with Crippen LogP contribution >= 0.6 is 0 Å². The number of aromatic nitrogens is 2. The van der Waals surface area contributed by atoms with E-state index in [0.717, 1.165) is 12.1 Å². The molecule has 104 valence electrons. The van der Waals surface area contributed by atoms with Gasteiger partial charge >= 0.3 is 0 Å². The Morgan fingerprint density at radius 2 is 2.06 bits per heavy atom. The van der Waals surface area contributed by atoms with Gasteiger partial charge in [0, 0.05) is 24.7 Å². The van der Waals surface area contributed by atoms with Crippen LogP contribution in [0.3, 0.4) is 0 Å². The highest BCUT2D eigenvalue weighted by Crippen LogP contribution is 2.10. The van der Waals surface area contributed by atoms with Crippen molar-refractivity contribution in [2.24, 2.45) is 0 Å². The second-order valence-electron chi connectivity index (χ2n) is 5.99. The second-order valence-corrected chi connectivity index (χ2v) is 5.99. The van der Waals surface area contributed by atoms with E-state index in [2.05, 4.69) is 51.1 Å². The lowest BCUT2D eigenvalue weighted by molar-refractivity contribution is -0.0136. The van der Waals surface area contributed by atoms with E-state index in [1.807, 2.05) is 17.9 Å². The molecule has 0 saturated heterocycles. The van der Waals surface area contributed by atoms with Crippen LogP contribution in [0.2, 0.25) is 0 Å². The van der Waals surface area contributed by atoms with Crippen LogP contribution < -0.4 is 5.32 Å². The summed E-state index contributed by atoms with van der Waals surface area (Å²) in [5.74, 6) is 0. The Morgan fingerprint density at radius 3 is 2.50 bits per heavy atom. The third-order valence-electron chi connectivity index (χ3n) is 2.77. The zero-order valence-corrected chi connectivity index (χ0v) is 12.5. The molecule has 1 atom stereocenters. The fourth-order valence-corrected chi connectivity index (χ4v) is 1.62. The Balaban J connectivity index is 2.51. The van der Waals surface area contributed by atoms with Crippen LogP contribution in [0.4, 0.5) is 0 Å². The van der Waals surface area contributed by atoms with Gasteiger partial charge in [-0.2, -0.15) is 5.10 Å². The molecule has 1 rings (SSSR count). The molecule has 0 bridgehead atoms. The molecule has 0 radical (unpaired) electrons. The van der Waals surface area contributed by atoms with Gasteiger partial charge in [-0.15, -0.1) is 0 Å². The lowest BCUT2D eigenvalue weighted by Gasteiger charge is -2.23. The molecule has 0 fully saturated rings. The highest BCUT2D eigenvalue weighted by molar-refractivity contribution is 5.02. The average molecular weight is 253 g/mol. The van der Waals surface area contributed by atoms with Gasteiger partial charge in [0.15, 0.2) is 0 Å². The molecule has 1 N–H and O–H groups in total. The number of likely N-dealkylation sites (N-methyl/N-ethyl adjacent to an activating group) is 1. The van der Waals surface area contributed by atoms with Crippen LogP contribution in [-0.4, -0.2) is 35.1 Å². The summed E-state index contributed by atoms with van der Waals surface area (Å²) in [5.41, 5.74) is 1.02. The van der Waals surface area contributed by atoms with E-state index in [-0.39, 0.29) is 5.60 Å². The van der Waals surface area contributed by atoms with Crippen molar-refractivity contribution in [2.45, 2.75) is 58.7 Å². The van der Waals surface area contributed by atoms with Crippen molar-refractivity contribution in [2.75, 3.05) is 13.7 Å². The molecule has 0 aliphatic carbocycles. The lowest BCUT2D eigenvalue weighted by Crippen LogP contribution is -2.36. The van der Waals surface area contributed by atoms with Gasteiger partial charge in [0.05, 0.1) is 17.9 Å². The summed E-state index contributed by atoms with van der Waals surface area (Å²) >= 11 is 0. The van der Waals surface area contributed by atoms with Crippen LogP contribution in [-0.2, 0) is 11.2 Å². The smallest absolute Gasteiger partial charge is 0.0641 e. The van der Waals surface area contributed by atoms with Crippen LogP contribution in [0.5, 0.6) is 0 Å². The van der Waals surface area contributed by atoms with E-state index in [4.69, 9.17) is 4.74 Å². The van der Waals surface area contributed by atoms with E-state index in [9.17, 15) is 0 Å². The maximum Gasteiger partial charge on any atom is 0.0641 e. The van der Waals surface area contributed by atoms with Crippen LogP contribution in [0.25, 0.3) is 0 Å². The molecule has 0 amide bonds. The summed E-state index contributed by atoms with van der Waals surface area (Å²) in [7, 11) is 1.97. The molecule has 1 aromatic rings. The first kappa shape index (κ1) is 15.2. The van der Waals surface area contributed by atoms with Crippen molar-refractivity contribution in [3.05, 3.63) is 18.0 Å². The Kier molecular flexibility index (Phi) is 5.35. The summed E-state index contributed by atoms with van der Waals surface area (Å²) in [4.78, 5) is 0. The summed E-state index contributed by atoms with van der Waals surface area (Å²) in [5, 5.41) is 7.85. The fraction of sp³-hybridized carbons (Fsp3) is 0.786. The summed E-state index contributed by atoms with van der Waals surface area (Å²) in [6.45, 7) is 11.2. The molecule has 0 aromatic carbocycles. The van der Waals surface area contributed by atoms with Crippen molar-refractivity contribution < 1.29 is 4.74 Å². The summed E-state index contributed by atoms with van der Waals surface area (Å²) in [6, 6.07) is 2.80. The lowest BCUT2D eigenvalue weighted by atomic mass is 10.1. The molecule has 0 aliphatic rings. The van der Waals surface area contributed by atoms with Crippen molar-refractivity contribution >= 4 is 0 Å². The van der Waals surface area contributed by atoms with Crippen LogP contribution in [0.1, 0.15) is 46.4 Å². The van der Waals surface area contributed by atoms with Gasteiger partial charge < -0.3 is 10.1 Å². The first-order valence-corrected chi connectivity index (χ1v) is 6.67. The molecule has 18 heavy (non-hydrogen) atoms. The standard InChI is InChI=1S/C14H27N3O/c1-11(2)17-8-7-12(16-17)9-13(15-6)10-18-14(3,4)5/h7-8,11,13,15H,9-10H2,1-6H3. The zero-order chi connectivity index (χ0) is 13.8. The van der Waals surface area contributed by atoms with Crippen molar-refractivity contribution in [1.82, 2.24) is 15.1 Å². The molecule has 1 aromatic heterocycles. The van der Waals surface area contributed by atoms with E-state index in [0.29, 0.717) is 18.7 Å². The van der Waals surface area contributed by atoms with Crippen LogP contribution in [0.15, 0.2) is 12.3 Å². The quantitative estimate of drug-likeness (QED) is 0.846. The number of nitrogens with zero attached hydrogens (tertiary/aromatic N) is 2. The first-order chi connectivity index (χ1) is 8.31. The minimum atomic E-state index is -0.0909. The minimum absolute atomic E-state index is 0.0909. The zero-order valence-electron chi connectivity index (χ0n) is 12.5. The minimum Gasteiger partial charge on any atom is -0.374 e. The number of hydrogen-bond donors (Lipinski definition) is 1. The number of rotatable bonds is 6. The van der Waals surface area contributed by atoms with Gasteiger partial charge in [-0.3, -0.25) is 4.68 Å². The van der Waals surface area contributed by atoms with Gasteiger partial charge in [-0.05, 0) is 47.7 Å². The highest BCUT2D eigenvalue weighted by atomic mass is 16.5. The highest BCUT2D eigenvalue weighted by Gasteiger charge is 2.15. The number of ether oxygens (including phenoxy) is 1. The Morgan fingerprint density at radius 1 is 1.39 bits per heavy atom. The van der Waals surface area contributed by atoms with Crippen molar-refractivity contribution in [1.29, 1.82) is 0 Å². The maximum absolute atomic E-state index is 5.81. The molecule has 0 aliphatic heterocycles. The van der Waals surface area contributed by atoms with Gasteiger partial charge in [0.1, 0.15) is 0 Å². The second kappa shape index (κ2) is 6.34. The van der Waals surface area contributed by atoms with Gasteiger partial charge in [-0.25, -0.2) is 0 Å². The monoisotopic (exact) mass is 253 g/mol. The van der Waals surface area contributed by atoms with Crippen LogP contribution in [0, 0.1) is 0 Å². The molecule has 1 unspecified atom stereocenters. The molecule has 1 heterocycles. The predicted octanol–water partition coefficient (Wildman–Crippen LogP) is 2.41. The Hall–Kier alpha value is -0.870. The predicted molar refractivity (Wildman–Crippen MR) is 74.9 cm³/mol. The first-order valence-electron chi connectivity index (χ1n) is 6.67. The SMILES string of the molecule is CNC(COC(C)(C)C)Cc1ccn(C(C)C)n1. The van der Waals surface area contributed by atoms with E-state index in [1.165, 1.54) is 0 Å². The van der Waals surface area contributed by atoms with E-state index < -0.39 is 0 Å². The summed E-state index contributed by atoms with van der Waals surface area (Å²) in [6.07, 6.45) is 2.93. The molecule has 0 spiro atoms. The number of nitrogens with one attached hydrogen (secondary N) is 1. The van der Waals surface area contributed by atoms with Crippen molar-refractivity contribution in [3.8, 4) is 0 Å². The average Bonchev–Trinajstić information content (AvgIpc) is 2.71. The van der Waals surface area contributed by atoms with Gasteiger partial charge in [0.25, 0.3) is 0 Å². The molecular formula is C14H27N3O. The van der Waals surface area contributed by atoms with Gasteiger partial charge in [0.2, 0.25) is 0 Å². The topological polar surface area (TPSA) is 39.1 Å².